The Kier molecular flexibility index (Phi) is 7.84. The third kappa shape index (κ3) is 6.20. The molecule has 8 heteroatoms. The lowest BCUT2D eigenvalue weighted by Crippen LogP contribution is -2.26. The summed E-state index contributed by atoms with van der Waals surface area (Å²) in [4.78, 5) is 25.5. The van der Waals surface area contributed by atoms with Gasteiger partial charge in [0.25, 0.3) is 21.8 Å². The van der Waals surface area contributed by atoms with E-state index in [0.29, 0.717) is 29.0 Å². The molecule has 3 aromatic carbocycles. The van der Waals surface area contributed by atoms with Gasteiger partial charge >= 0.3 is 0 Å². The van der Waals surface area contributed by atoms with Gasteiger partial charge < -0.3 is 10.6 Å². The standard InChI is InChI=1S/C25H27N3O4S/c1-3-4-16-26-25(30)21-12-8-9-13-22(21)27-24(29)19-15-14-18(2)23(17-19)33(31,32)28-20-10-6-5-7-11-20/h5-15,17,28H,3-4,16H2,1-2H3,(H,26,30)(H,27,29). The lowest BCUT2D eigenvalue weighted by Gasteiger charge is -2.14. The summed E-state index contributed by atoms with van der Waals surface area (Å²) in [7, 11) is -3.90. The largest absolute Gasteiger partial charge is 0.352 e. The number of amides is 2. The smallest absolute Gasteiger partial charge is 0.262 e. The van der Waals surface area contributed by atoms with Crippen LogP contribution < -0.4 is 15.4 Å². The van der Waals surface area contributed by atoms with E-state index in [1.807, 2.05) is 6.92 Å². The van der Waals surface area contributed by atoms with Crippen LogP contribution in [0.3, 0.4) is 0 Å². The van der Waals surface area contributed by atoms with Gasteiger partial charge in [-0.05, 0) is 55.3 Å². The summed E-state index contributed by atoms with van der Waals surface area (Å²) in [5.41, 5.74) is 1.78. The Labute approximate surface area is 194 Å². The first-order valence-electron chi connectivity index (χ1n) is 10.7. The van der Waals surface area contributed by atoms with Gasteiger partial charge in [-0.15, -0.1) is 0 Å². The second kappa shape index (κ2) is 10.8. The fraction of sp³-hybridized carbons (Fsp3) is 0.200. The number of hydrogen-bond acceptors (Lipinski definition) is 4. The third-order valence-corrected chi connectivity index (χ3v) is 6.52. The van der Waals surface area contributed by atoms with Crippen molar-refractivity contribution in [3.63, 3.8) is 0 Å². The summed E-state index contributed by atoms with van der Waals surface area (Å²) in [6, 6.07) is 19.7. The van der Waals surface area contributed by atoms with E-state index >= 15 is 0 Å². The Morgan fingerprint density at radius 3 is 2.30 bits per heavy atom. The molecule has 3 aromatic rings. The van der Waals surface area contributed by atoms with Gasteiger partial charge in [-0.25, -0.2) is 8.42 Å². The highest BCUT2D eigenvalue weighted by molar-refractivity contribution is 7.92. The van der Waals surface area contributed by atoms with Crippen LogP contribution in [0.15, 0.2) is 77.7 Å². The van der Waals surface area contributed by atoms with Crippen molar-refractivity contribution in [2.75, 3.05) is 16.6 Å². The monoisotopic (exact) mass is 465 g/mol. The first kappa shape index (κ1) is 24.0. The molecule has 0 bridgehead atoms. The molecule has 0 radical (unpaired) electrons. The van der Waals surface area contributed by atoms with E-state index in [0.717, 1.165) is 12.8 Å². The van der Waals surface area contributed by atoms with Gasteiger partial charge in [-0.1, -0.05) is 49.7 Å². The zero-order valence-corrected chi connectivity index (χ0v) is 19.4. The minimum absolute atomic E-state index is 0.00426. The Balaban J connectivity index is 1.83. The number of benzene rings is 3. The number of nitrogens with one attached hydrogen (secondary N) is 3. The maximum absolute atomic E-state index is 12.9. The summed E-state index contributed by atoms with van der Waals surface area (Å²) in [6.45, 7) is 4.24. The molecule has 0 aliphatic carbocycles. The number of anilines is 2. The van der Waals surface area contributed by atoms with Crippen LogP contribution >= 0.6 is 0 Å². The summed E-state index contributed by atoms with van der Waals surface area (Å²) in [5, 5.41) is 5.57. The van der Waals surface area contributed by atoms with Gasteiger partial charge in [0.15, 0.2) is 0 Å². The molecule has 0 saturated carbocycles. The number of carbonyl (C=O) groups is 2. The average Bonchev–Trinajstić information content (AvgIpc) is 2.80. The maximum Gasteiger partial charge on any atom is 0.262 e. The highest BCUT2D eigenvalue weighted by Gasteiger charge is 2.20. The molecule has 0 heterocycles. The molecule has 7 nitrogen and oxygen atoms in total. The van der Waals surface area contributed by atoms with Gasteiger partial charge in [0.1, 0.15) is 0 Å². The fourth-order valence-electron chi connectivity index (χ4n) is 3.21. The van der Waals surface area contributed by atoms with Crippen LogP contribution in [0, 0.1) is 6.92 Å². The second-order valence-corrected chi connectivity index (χ2v) is 9.21. The second-order valence-electron chi connectivity index (χ2n) is 7.56. The first-order valence-corrected chi connectivity index (χ1v) is 12.2. The summed E-state index contributed by atoms with van der Waals surface area (Å²) in [5.74, 6) is -0.793. The molecule has 2 amide bonds. The van der Waals surface area contributed by atoms with Gasteiger partial charge in [0, 0.05) is 17.8 Å². The molecule has 0 spiro atoms. The summed E-state index contributed by atoms with van der Waals surface area (Å²) < 4.78 is 28.4. The molecule has 0 saturated heterocycles. The lowest BCUT2D eigenvalue weighted by atomic mass is 10.1. The van der Waals surface area contributed by atoms with Crippen molar-refractivity contribution in [2.24, 2.45) is 0 Å². The Morgan fingerprint density at radius 1 is 0.879 bits per heavy atom. The van der Waals surface area contributed by atoms with Crippen molar-refractivity contribution in [3.05, 3.63) is 89.5 Å². The first-order chi connectivity index (χ1) is 15.8. The minimum atomic E-state index is -3.90. The number of sulfonamides is 1. The molecular weight excluding hydrogens is 438 g/mol. The van der Waals surface area contributed by atoms with E-state index in [1.54, 1.807) is 73.7 Å². The highest BCUT2D eigenvalue weighted by Crippen LogP contribution is 2.22. The van der Waals surface area contributed by atoms with Gasteiger partial charge in [0.05, 0.1) is 16.1 Å². The summed E-state index contributed by atoms with van der Waals surface area (Å²) in [6.07, 6.45) is 1.81. The Bertz CT molecular complexity index is 1240. The van der Waals surface area contributed by atoms with Crippen LogP contribution in [0.4, 0.5) is 11.4 Å². The van der Waals surface area contributed by atoms with Crippen molar-refractivity contribution < 1.29 is 18.0 Å². The lowest BCUT2D eigenvalue weighted by molar-refractivity contribution is 0.0954. The van der Waals surface area contributed by atoms with Gasteiger partial charge in [-0.3, -0.25) is 14.3 Å². The Morgan fingerprint density at radius 2 is 1.58 bits per heavy atom. The third-order valence-electron chi connectivity index (χ3n) is 5.00. The molecule has 0 atom stereocenters. The van der Waals surface area contributed by atoms with Crippen molar-refractivity contribution in [1.82, 2.24) is 5.32 Å². The SMILES string of the molecule is CCCCNC(=O)c1ccccc1NC(=O)c1ccc(C)c(S(=O)(=O)Nc2ccccc2)c1. The molecule has 3 N–H and O–H groups in total. The average molecular weight is 466 g/mol. The van der Waals surface area contributed by atoms with E-state index in [9.17, 15) is 18.0 Å². The minimum Gasteiger partial charge on any atom is -0.352 e. The van der Waals surface area contributed by atoms with Crippen LogP contribution in [0.1, 0.15) is 46.0 Å². The molecule has 3 rings (SSSR count). The van der Waals surface area contributed by atoms with E-state index in [4.69, 9.17) is 0 Å². The highest BCUT2D eigenvalue weighted by atomic mass is 32.2. The topological polar surface area (TPSA) is 104 Å². The molecule has 0 aliphatic heterocycles. The van der Waals surface area contributed by atoms with Crippen molar-refractivity contribution in [1.29, 1.82) is 0 Å². The zero-order chi connectivity index (χ0) is 23.8. The quantitative estimate of drug-likeness (QED) is 0.402. The van der Waals surface area contributed by atoms with E-state index in [-0.39, 0.29) is 16.4 Å². The van der Waals surface area contributed by atoms with Crippen LogP contribution in [-0.2, 0) is 10.0 Å². The molecular formula is C25H27N3O4S. The maximum atomic E-state index is 12.9. The molecule has 172 valence electrons. The summed E-state index contributed by atoms with van der Waals surface area (Å²) >= 11 is 0. The fourth-order valence-corrected chi connectivity index (χ4v) is 4.54. The van der Waals surface area contributed by atoms with Crippen molar-refractivity contribution >= 4 is 33.2 Å². The molecule has 0 unspecified atom stereocenters. The van der Waals surface area contributed by atoms with E-state index in [1.165, 1.54) is 6.07 Å². The van der Waals surface area contributed by atoms with Crippen LogP contribution in [0.25, 0.3) is 0 Å². The van der Waals surface area contributed by atoms with Crippen LogP contribution in [0.2, 0.25) is 0 Å². The molecule has 0 aliphatic rings. The number of hydrogen-bond donors (Lipinski definition) is 3. The normalized spacial score (nSPS) is 11.0. The predicted octanol–water partition coefficient (Wildman–Crippen LogP) is 4.58. The number of aryl methyl sites for hydroxylation is 1. The van der Waals surface area contributed by atoms with Gasteiger partial charge in [-0.2, -0.15) is 0 Å². The van der Waals surface area contributed by atoms with Crippen LogP contribution in [-0.4, -0.2) is 26.8 Å². The Hall–Kier alpha value is -3.65. The zero-order valence-electron chi connectivity index (χ0n) is 18.6. The van der Waals surface area contributed by atoms with E-state index < -0.39 is 15.9 Å². The predicted molar refractivity (Wildman–Crippen MR) is 130 cm³/mol. The van der Waals surface area contributed by atoms with Crippen molar-refractivity contribution in [3.8, 4) is 0 Å². The number of rotatable bonds is 9. The molecule has 0 fully saturated rings. The number of unbranched alkanes of at least 4 members (excludes halogenated alkanes) is 1. The van der Waals surface area contributed by atoms with Crippen molar-refractivity contribution in [2.45, 2.75) is 31.6 Å². The van der Waals surface area contributed by atoms with Gasteiger partial charge in [0.2, 0.25) is 0 Å². The van der Waals surface area contributed by atoms with Crippen LogP contribution in [0.5, 0.6) is 0 Å². The van der Waals surface area contributed by atoms with E-state index in [2.05, 4.69) is 15.4 Å². The molecule has 0 aromatic heterocycles. The number of para-hydroxylation sites is 2. The molecule has 33 heavy (non-hydrogen) atoms. The number of carbonyl (C=O) groups excluding carboxylic acids is 2.